The van der Waals surface area contributed by atoms with Gasteiger partial charge in [0.1, 0.15) is 17.9 Å². The number of carbonyl (C=O) groups is 3. The zero-order valence-corrected chi connectivity index (χ0v) is 18.2. The van der Waals surface area contributed by atoms with Crippen LogP contribution in [0.4, 0.5) is 4.39 Å². The van der Waals surface area contributed by atoms with Gasteiger partial charge in [-0.25, -0.2) is 9.18 Å². The summed E-state index contributed by atoms with van der Waals surface area (Å²) < 4.78 is 19.8. The minimum Gasteiger partial charge on any atom is -0.467 e. The summed E-state index contributed by atoms with van der Waals surface area (Å²) in [7, 11) is 1.24. The number of benzene rings is 2. The molecule has 2 N–H and O–H groups in total. The number of carbonyl (C=O) groups excluding carboxylic acids is 3. The Bertz CT molecular complexity index is 873. The monoisotopic (exact) mass is 512 g/mol. The van der Waals surface area contributed by atoms with Crippen LogP contribution in [-0.4, -0.2) is 37.0 Å². The molecule has 2 aromatic rings. The van der Waals surface area contributed by atoms with E-state index in [1.165, 1.54) is 20.1 Å². The summed E-state index contributed by atoms with van der Waals surface area (Å²) in [4.78, 5) is 36.6. The minimum atomic E-state index is -1.03. The van der Waals surface area contributed by atoms with Crippen molar-refractivity contribution in [2.24, 2.45) is 0 Å². The average molecular weight is 512 g/mol. The molecule has 0 fully saturated rings. The van der Waals surface area contributed by atoms with Crippen molar-refractivity contribution in [3.63, 3.8) is 0 Å². The maximum atomic E-state index is 14.0. The Morgan fingerprint density at radius 3 is 2.24 bits per heavy atom. The van der Waals surface area contributed by atoms with E-state index in [0.717, 1.165) is 9.13 Å². The van der Waals surface area contributed by atoms with E-state index in [4.69, 9.17) is 4.74 Å². The van der Waals surface area contributed by atoms with Crippen LogP contribution >= 0.6 is 22.6 Å². The summed E-state index contributed by atoms with van der Waals surface area (Å²) in [5, 5.41) is 5.14. The molecule has 2 aromatic carbocycles. The van der Waals surface area contributed by atoms with Crippen LogP contribution in [0.25, 0.3) is 0 Å². The highest BCUT2D eigenvalue weighted by Crippen LogP contribution is 2.12. The van der Waals surface area contributed by atoms with Crippen molar-refractivity contribution in [1.29, 1.82) is 0 Å². The molecule has 0 aliphatic rings. The second-order valence-corrected chi connectivity index (χ2v) is 7.71. The number of ether oxygens (including phenoxy) is 1. The SMILES string of the molecule is COC(=O)[C@@H](Cc1ccc(I)cc1)NC(=O)[C@H](Cc1ccccc1F)NC(C)=O. The smallest absolute Gasteiger partial charge is 0.328 e. The summed E-state index contributed by atoms with van der Waals surface area (Å²) in [6.07, 6.45) is 0.178. The molecule has 2 rings (SSSR count). The third kappa shape index (κ3) is 7.12. The molecule has 6 nitrogen and oxygen atoms in total. The van der Waals surface area contributed by atoms with Crippen LogP contribution in [0, 0.1) is 9.39 Å². The zero-order chi connectivity index (χ0) is 21.4. The van der Waals surface area contributed by atoms with Crippen molar-refractivity contribution in [3.05, 3.63) is 69.0 Å². The van der Waals surface area contributed by atoms with Gasteiger partial charge in [0, 0.05) is 23.3 Å². The number of methoxy groups -OCH3 is 1. The fraction of sp³-hybridized carbons (Fsp3) is 0.286. The lowest BCUT2D eigenvalue weighted by molar-refractivity contribution is -0.145. The van der Waals surface area contributed by atoms with Crippen molar-refractivity contribution in [3.8, 4) is 0 Å². The van der Waals surface area contributed by atoms with Gasteiger partial charge in [0.2, 0.25) is 11.8 Å². The number of hydrogen-bond acceptors (Lipinski definition) is 4. The fourth-order valence-corrected chi connectivity index (χ4v) is 3.16. The summed E-state index contributed by atoms with van der Waals surface area (Å²) in [6, 6.07) is 11.5. The molecule has 0 radical (unpaired) electrons. The fourth-order valence-electron chi connectivity index (χ4n) is 2.80. The van der Waals surface area contributed by atoms with Gasteiger partial charge in [-0.3, -0.25) is 9.59 Å². The number of nitrogens with one attached hydrogen (secondary N) is 2. The molecule has 2 amide bonds. The van der Waals surface area contributed by atoms with Crippen molar-refractivity contribution in [2.45, 2.75) is 31.8 Å². The standard InChI is InChI=1S/C21H22FIN2O4/c1-13(26)24-18(12-15-5-3-4-6-17(15)22)20(27)25-19(21(28)29-2)11-14-7-9-16(23)10-8-14/h3-10,18-19H,11-12H2,1-2H3,(H,24,26)(H,25,27)/t18-,19+/m0/s1. The van der Waals surface area contributed by atoms with Crippen molar-refractivity contribution >= 4 is 40.4 Å². The molecule has 0 aliphatic heterocycles. The highest BCUT2D eigenvalue weighted by Gasteiger charge is 2.27. The first-order valence-electron chi connectivity index (χ1n) is 8.93. The number of esters is 1. The lowest BCUT2D eigenvalue weighted by Crippen LogP contribution is -2.53. The Morgan fingerprint density at radius 1 is 1.00 bits per heavy atom. The Balaban J connectivity index is 2.17. The van der Waals surface area contributed by atoms with Gasteiger partial charge in [-0.05, 0) is 51.9 Å². The van der Waals surface area contributed by atoms with Gasteiger partial charge in [-0.2, -0.15) is 0 Å². The van der Waals surface area contributed by atoms with Gasteiger partial charge in [0.25, 0.3) is 0 Å². The second-order valence-electron chi connectivity index (χ2n) is 6.46. The van der Waals surface area contributed by atoms with Crippen LogP contribution in [0.3, 0.4) is 0 Å². The summed E-state index contributed by atoms with van der Waals surface area (Å²) in [5.74, 6) is -2.11. The van der Waals surface area contributed by atoms with E-state index < -0.39 is 35.7 Å². The maximum absolute atomic E-state index is 14.0. The van der Waals surface area contributed by atoms with E-state index in [2.05, 4.69) is 33.2 Å². The number of halogens is 2. The minimum absolute atomic E-state index is 0.0461. The highest BCUT2D eigenvalue weighted by atomic mass is 127. The number of amides is 2. The van der Waals surface area contributed by atoms with Crippen LogP contribution < -0.4 is 10.6 Å². The van der Waals surface area contributed by atoms with E-state index in [9.17, 15) is 18.8 Å². The molecule has 0 bridgehead atoms. The van der Waals surface area contributed by atoms with E-state index in [0.29, 0.717) is 0 Å². The predicted octanol–water partition coefficient (Wildman–Crippen LogP) is 2.38. The first-order valence-corrected chi connectivity index (χ1v) is 10.0. The van der Waals surface area contributed by atoms with Crippen LogP contribution in [0.5, 0.6) is 0 Å². The molecule has 0 saturated carbocycles. The Kier molecular flexibility index (Phi) is 8.56. The molecular formula is C21H22FIN2O4. The topological polar surface area (TPSA) is 84.5 Å². The summed E-state index contributed by atoms with van der Waals surface area (Å²) in [5.41, 5.74) is 1.12. The van der Waals surface area contributed by atoms with E-state index in [1.807, 2.05) is 24.3 Å². The first-order chi connectivity index (χ1) is 13.8. The van der Waals surface area contributed by atoms with Gasteiger partial charge in [-0.15, -0.1) is 0 Å². The third-order valence-electron chi connectivity index (χ3n) is 4.23. The van der Waals surface area contributed by atoms with Crippen molar-refractivity contribution in [1.82, 2.24) is 10.6 Å². The average Bonchev–Trinajstić information content (AvgIpc) is 2.69. The van der Waals surface area contributed by atoms with Gasteiger partial charge in [0.15, 0.2) is 0 Å². The van der Waals surface area contributed by atoms with Crippen molar-refractivity contribution < 1.29 is 23.5 Å². The largest absolute Gasteiger partial charge is 0.467 e. The van der Waals surface area contributed by atoms with Crippen LogP contribution in [-0.2, 0) is 32.0 Å². The van der Waals surface area contributed by atoms with Gasteiger partial charge >= 0.3 is 5.97 Å². The molecule has 29 heavy (non-hydrogen) atoms. The Morgan fingerprint density at radius 2 is 1.66 bits per heavy atom. The van der Waals surface area contributed by atoms with Crippen LogP contribution in [0.2, 0.25) is 0 Å². The molecule has 154 valence electrons. The first kappa shape index (κ1) is 22.8. The molecule has 2 atom stereocenters. The molecule has 0 heterocycles. The van der Waals surface area contributed by atoms with E-state index in [1.54, 1.807) is 18.2 Å². The molecule has 8 heteroatoms. The quantitative estimate of drug-likeness (QED) is 0.421. The summed E-state index contributed by atoms with van der Waals surface area (Å²) >= 11 is 2.17. The van der Waals surface area contributed by atoms with E-state index >= 15 is 0 Å². The van der Waals surface area contributed by atoms with Crippen LogP contribution in [0.15, 0.2) is 48.5 Å². The number of hydrogen-bond donors (Lipinski definition) is 2. The van der Waals surface area contributed by atoms with Crippen LogP contribution in [0.1, 0.15) is 18.1 Å². The third-order valence-corrected chi connectivity index (χ3v) is 4.95. The summed E-state index contributed by atoms with van der Waals surface area (Å²) in [6.45, 7) is 1.27. The molecular weight excluding hydrogens is 490 g/mol. The van der Waals surface area contributed by atoms with Gasteiger partial charge in [0.05, 0.1) is 7.11 Å². The highest BCUT2D eigenvalue weighted by molar-refractivity contribution is 14.1. The Labute approximate surface area is 182 Å². The molecule has 0 spiro atoms. The van der Waals surface area contributed by atoms with E-state index in [-0.39, 0.29) is 18.4 Å². The second kappa shape index (κ2) is 10.9. The molecule has 0 aromatic heterocycles. The van der Waals surface area contributed by atoms with Crippen molar-refractivity contribution in [2.75, 3.05) is 7.11 Å². The van der Waals surface area contributed by atoms with Gasteiger partial charge in [-0.1, -0.05) is 30.3 Å². The Hall–Kier alpha value is -2.49. The zero-order valence-electron chi connectivity index (χ0n) is 16.1. The molecule has 0 saturated heterocycles. The normalized spacial score (nSPS) is 12.6. The number of rotatable bonds is 8. The predicted molar refractivity (Wildman–Crippen MR) is 115 cm³/mol. The lowest BCUT2D eigenvalue weighted by Gasteiger charge is -2.22. The molecule has 0 aliphatic carbocycles. The maximum Gasteiger partial charge on any atom is 0.328 e. The lowest BCUT2D eigenvalue weighted by atomic mass is 10.0. The van der Waals surface area contributed by atoms with Gasteiger partial charge < -0.3 is 15.4 Å². The molecule has 0 unspecified atom stereocenters.